The van der Waals surface area contributed by atoms with Crippen molar-refractivity contribution in [3.63, 3.8) is 0 Å². The van der Waals surface area contributed by atoms with E-state index in [9.17, 15) is 18.3 Å². The van der Waals surface area contributed by atoms with Gasteiger partial charge in [-0.15, -0.1) is 11.3 Å². The van der Waals surface area contributed by atoms with Gasteiger partial charge >= 0.3 is 0 Å². The van der Waals surface area contributed by atoms with E-state index >= 15 is 0 Å². The van der Waals surface area contributed by atoms with E-state index in [1.807, 2.05) is 0 Å². The molecule has 0 atom stereocenters. The number of aromatic nitrogens is 1. The molecule has 3 aromatic rings. The summed E-state index contributed by atoms with van der Waals surface area (Å²) >= 11 is 7.03. The van der Waals surface area contributed by atoms with Crippen molar-refractivity contribution in [1.29, 1.82) is 0 Å². The van der Waals surface area contributed by atoms with Crippen LogP contribution in [0, 0.1) is 13.8 Å². The Hall–Kier alpha value is -2.60. The number of thiophene rings is 1. The van der Waals surface area contributed by atoms with Gasteiger partial charge in [0.05, 0.1) is 4.88 Å². The number of Topliss-reactive ketones (excluding diaryl/α,β-unsaturated/α-hetero) is 1. The molecule has 3 heterocycles. The van der Waals surface area contributed by atoms with Gasteiger partial charge < -0.3 is 19.1 Å². The van der Waals surface area contributed by atoms with E-state index in [2.05, 4.69) is 9.88 Å². The topological polar surface area (TPSA) is 128 Å². The highest BCUT2D eigenvalue weighted by Gasteiger charge is 2.29. The number of carbonyl (C=O) groups excluding carboxylic acids is 1. The number of halogens is 1. The number of carbonyl (C=O) groups is 1. The Balaban J connectivity index is 1.66. The highest BCUT2D eigenvalue weighted by atomic mass is 35.5. The molecule has 1 aliphatic rings. The van der Waals surface area contributed by atoms with Crippen LogP contribution in [-0.4, -0.2) is 37.9 Å². The number of hydrogen-bond donors (Lipinski definition) is 2. The van der Waals surface area contributed by atoms with Crippen molar-refractivity contribution in [3.05, 3.63) is 49.8 Å². The van der Waals surface area contributed by atoms with Crippen LogP contribution in [0.25, 0.3) is 0 Å². The molecule has 170 valence electrons. The first-order valence-corrected chi connectivity index (χ1v) is 12.2. The summed E-state index contributed by atoms with van der Waals surface area (Å²) in [7, 11) is -4.15. The van der Waals surface area contributed by atoms with Crippen molar-refractivity contribution in [2.24, 2.45) is 0 Å². The number of sulfonamides is 1. The highest BCUT2D eigenvalue weighted by Crippen LogP contribution is 2.40. The number of aliphatic hydroxyl groups excluding tert-OH is 1. The number of rotatable bonds is 8. The summed E-state index contributed by atoms with van der Waals surface area (Å²) in [5, 5.41) is 14.6. The minimum absolute atomic E-state index is 0.0429. The lowest BCUT2D eigenvalue weighted by Crippen LogP contribution is -2.16. The van der Waals surface area contributed by atoms with Crippen LogP contribution in [-0.2, 0) is 22.9 Å². The molecule has 0 unspecified atom stereocenters. The van der Waals surface area contributed by atoms with Crippen LogP contribution in [0.2, 0.25) is 5.02 Å². The van der Waals surface area contributed by atoms with Crippen LogP contribution in [0.15, 0.2) is 26.9 Å². The van der Waals surface area contributed by atoms with E-state index in [0.29, 0.717) is 29.2 Å². The zero-order valence-corrected chi connectivity index (χ0v) is 19.5. The molecule has 1 aliphatic heterocycles. The summed E-state index contributed by atoms with van der Waals surface area (Å²) in [4.78, 5) is 13.1. The van der Waals surface area contributed by atoms with Crippen molar-refractivity contribution in [1.82, 2.24) is 5.16 Å². The Morgan fingerprint density at radius 3 is 2.81 bits per heavy atom. The maximum absolute atomic E-state index is 13.2. The SMILES string of the molecule is Cc1noc(NS(=O)(=O)c2ccsc2C(=O)Cc2c(CCO)cc3c(c2C)OCO3)c1Cl. The van der Waals surface area contributed by atoms with Crippen molar-refractivity contribution in [3.8, 4) is 11.5 Å². The van der Waals surface area contributed by atoms with Crippen LogP contribution in [0.4, 0.5) is 5.88 Å². The fraction of sp³-hybridized carbons (Fsp3) is 0.300. The lowest BCUT2D eigenvalue weighted by Gasteiger charge is -2.14. The Kier molecular flexibility index (Phi) is 6.17. The lowest BCUT2D eigenvalue weighted by molar-refractivity contribution is 0.0993. The third kappa shape index (κ3) is 4.08. The molecule has 0 amide bonds. The van der Waals surface area contributed by atoms with Crippen LogP contribution in [0.3, 0.4) is 0 Å². The van der Waals surface area contributed by atoms with E-state index < -0.39 is 10.0 Å². The minimum atomic E-state index is -4.15. The van der Waals surface area contributed by atoms with Gasteiger partial charge in [0.25, 0.3) is 15.9 Å². The molecule has 0 radical (unpaired) electrons. The Morgan fingerprint density at radius 1 is 1.34 bits per heavy atom. The van der Waals surface area contributed by atoms with Crippen molar-refractivity contribution < 1.29 is 32.3 Å². The largest absolute Gasteiger partial charge is 0.454 e. The van der Waals surface area contributed by atoms with Gasteiger partial charge in [0, 0.05) is 13.0 Å². The predicted molar refractivity (Wildman–Crippen MR) is 118 cm³/mol. The van der Waals surface area contributed by atoms with Crippen molar-refractivity contribution in [2.75, 3.05) is 18.1 Å². The van der Waals surface area contributed by atoms with Gasteiger partial charge in [0.2, 0.25) is 6.79 Å². The van der Waals surface area contributed by atoms with Crippen LogP contribution in [0.5, 0.6) is 11.5 Å². The summed E-state index contributed by atoms with van der Waals surface area (Å²) in [6.07, 6.45) is 0.254. The van der Waals surface area contributed by atoms with Gasteiger partial charge in [-0.1, -0.05) is 16.8 Å². The first kappa shape index (κ1) is 22.6. The van der Waals surface area contributed by atoms with Gasteiger partial charge in [0.1, 0.15) is 15.6 Å². The van der Waals surface area contributed by atoms with Gasteiger partial charge in [-0.25, -0.2) is 13.1 Å². The number of fused-ring (bicyclic) bond motifs is 1. The predicted octanol–water partition coefficient (Wildman–Crippen LogP) is 3.50. The van der Waals surface area contributed by atoms with E-state index in [-0.39, 0.29) is 46.3 Å². The number of nitrogens with one attached hydrogen (secondary N) is 1. The third-order valence-electron chi connectivity index (χ3n) is 5.04. The van der Waals surface area contributed by atoms with Gasteiger partial charge in [-0.2, -0.15) is 0 Å². The summed E-state index contributed by atoms with van der Waals surface area (Å²) in [6, 6.07) is 3.09. The molecule has 0 saturated heterocycles. The summed E-state index contributed by atoms with van der Waals surface area (Å²) in [6.45, 7) is 3.34. The minimum Gasteiger partial charge on any atom is -0.454 e. The molecule has 32 heavy (non-hydrogen) atoms. The Bertz CT molecular complexity index is 1300. The number of ketones is 1. The normalized spacial score (nSPS) is 12.9. The second-order valence-corrected chi connectivity index (χ2v) is 10.0. The molecule has 12 heteroatoms. The summed E-state index contributed by atoms with van der Waals surface area (Å²) in [5.74, 6) is 0.502. The fourth-order valence-electron chi connectivity index (χ4n) is 3.45. The second kappa shape index (κ2) is 8.74. The first-order valence-electron chi connectivity index (χ1n) is 9.50. The molecule has 0 spiro atoms. The lowest BCUT2D eigenvalue weighted by atomic mass is 9.94. The van der Waals surface area contributed by atoms with Gasteiger partial charge in [-0.3, -0.25) is 4.79 Å². The molecule has 0 bridgehead atoms. The monoisotopic (exact) mass is 498 g/mol. The Morgan fingerprint density at radius 2 is 2.12 bits per heavy atom. The number of aryl methyl sites for hydroxylation is 1. The first-order chi connectivity index (χ1) is 15.2. The third-order valence-corrected chi connectivity index (χ3v) is 7.94. The average molecular weight is 499 g/mol. The molecular formula is C20H19ClN2O7S2. The van der Waals surface area contributed by atoms with E-state index in [4.69, 9.17) is 25.6 Å². The molecule has 0 fully saturated rings. The molecule has 0 aliphatic carbocycles. The maximum Gasteiger partial charge on any atom is 0.265 e. The smallest absolute Gasteiger partial charge is 0.265 e. The summed E-state index contributed by atoms with van der Waals surface area (Å²) in [5.41, 5.74) is 2.47. The number of aliphatic hydroxyl groups is 1. The quantitative estimate of drug-likeness (QED) is 0.451. The number of ether oxygens (including phenoxy) is 2. The second-order valence-electron chi connectivity index (χ2n) is 7.08. The molecule has 2 aromatic heterocycles. The van der Waals surface area contributed by atoms with Gasteiger partial charge in [-0.05, 0) is 54.5 Å². The van der Waals surface area contributed by atoms with Crippen molar-refractivity contribution in [2.45, 2.75) is 31.6 Å². The zero-order valence-electron chi connectivity index (χ0n) is 17.1. The highest BCUT2D eigenvalue weighted by molar-refractivity contribution is 7.93. The van der Waals surface area contributed by atoms with E-state index in [1.54, 1.807) is 19.9 Å². The van der Waals surface area contributed by atoms with Crippen LogP contribution < -0.4 is 14.2 Å². The number of nitrogens with zero attached hydrogens (tertiary/aromatic N) is 1. The average Bonchev–Trinajstić information content (AvgIpc) is 3.48. The van der Waals surface area contributed by atoms with Crippen LogP contribution >= 0.6 is 22.9 Å². The molecule has 9 nitrogen and oxygen atoms in total. The molecule has 4 rings (SSSR count). The summed E-state index contributed by atoms with van der Waals surface area (Å²) < 4.78 is 43.9. The number of hydrogen-bond acceptors (Lipinski definition) is 9. The van der Waals surface area contributed by atoms with Crippen LogP contribution in [0.1, 0.15) is 32.1 Å². The Labute approximate surface area is 192 Å². The maximum atomic E-state index is 13.2. The van der Waals surface area contributed by atoms with E-state index in [0.717, 1.165) is 22.5 Å². The van der Waals surface area contributed by atoms with Gasteiger partial charge in [0.15, 0.2) is 17.3 Å². The zero-order chi connectivity index (χ0) is 23.0. The molecular weight excluding hydrogens is 480 g/mol. The van der Waals surface area contributed by atoms with Crippen molar-refractivity contribution >= 4 is 44.6 Å². The molecule has 1 aromatic carbocycles. The number of anilines is 1. The standard InChI is InChI=1S/C20H19ClN2O7S2/c1-10-13(12(3-5-24)7-15-18(10)29-9-28-15)8-14(25)19-16(4-6-31-19)32(26,27)23-20-17(21)11(2)22-30-20/h4,6-7,23-24H,3,5,8-9H2,1-2H3. The fourth-order valence-corrected chi connectivity index (χ4v) is 6.01. The number of benzene rings is 1. The molecule has 0 saturated carbocycles. The van der Waals surface area contributed by atoms with E-state index in [1.165, 1.54) is 11.4 Å². The molecule has 2 N–H and O–H groups in total.